The van der Waals surface area contributed by atoms with Crippen molar-refractivity contribution in [2.45, 2.75) is 58.0 Å². The van der Waals surface area contributed by atoms with Crippen molar-refractivity contribution in [1.82, 2.24) is 9.80 Å². The summed E-state index contributed by atoms with van der Waals surface area (Å²) in [7, 11) is 0. The molecule has 1 aromatic heterocycles. The van der Waals surface area contributed by atoms with Gasteiger partial charge in [-0.1, -0.05) is 6.42 Å². The Kier molecular flexibility index (Phi) is 4.96. The maximum Gasteiger partial charge on any atom is 0.222 e. The third kappa shape index (κ3) is 3.67. The smallest absolute Gasteiger partial charge is 0.222 e. The molecule has 0 N–H and O–H groups in total. The first-order chi connectivity index (χ1) is 10.2. The lowest BCUT2D eigenvalue weighted by Gasteiger charge is -2.36. The van der Waals surface area contributed by atoms with E-state index < -0.39 is 0 Å². The first kappa shape index (κ1) is 15.0. The van der Waals surface area contributed by atoms with E-state index >= 15 is 0 Å². The van der Waals surface area contributed by atoms with Gasteiger partial charge in [-0.3, -0.25) is 9.69 Å². The predicted molar refractivity (Wildman–Crippen MR) is 87.5 cm³/mol. The highest BCUT2D eigenvalue weighted by Crippen LogP contribution is 2.26. The quantitative estimate of drug-likeness (QED) is 0.832. The summed E-state index contributed by atoms with van der Waals surface area (Å²) in [5.41, 5.74) is 1.43. The van der Waals surface area contributed by atoms with Crippen molar-refractivity contribution in [3.8, 4) is 0 Å². The van der Waals surface area contributed by atoms with Crippen LogP contribution < -0.4 is 0 Å². The third-order valence-electron chi connectivity index (χ3n) is 4.97. The minimum Gasteiger partial charge on any atom is -0.343 e. The van der Waals surface area contributed by atoms with Gasteiger partial charge in [-0.2, -0.15) is 0 Å². The Morgan fingerprint density at radius 2 is 2.19 bits per heavy atom. The van der Waals surface area contributed by atoms with E-state index in [-0.39, 0.29) is 0 Å². The molecule has 3 nitrogen and oxygen atoms in total. The molecule has 2 aliphatic heterocycles. The van der Waals surface area contributed by atoms with E-state index in [1.807, 2.05) is 11.3 Å². The van der Waals surface area contributed by atoms with Gasteiger partial charge in [0, 0.05) is 37.0 Å². The van der Waals surface area contributed by atoms with Crippen molar-refractivity contribution in [3.05, 3.63) is 21.9 Å². The number of carbonyl (C=O) groups excluding carboxylic acids is 1. The number of likely N-dealkylation sites (tertiary alicyclic amines) is 2. The summed E-state index contributed by atoms with van der Waals surface area (Å²) >= 11 is 1.88. The number of rotatable bonds is 5. The average Bonchev–Trinajstić information content (AvgIpc) is 3.07. The molecule has 0 spiro atoms. The molecule has 2 fully saturated rings. The molecule has 0 radical (unpaired) electrons. The maximum absolute atomic E-state index is 11.7. The lowest BCUT2D eigenvalue weighted by molar-refractivity contribution is -0.127. The third-order valence-corrected chi connectivity index (χ3v) is 5.98. The van der Waals surface area contributed by atoms with E-state index in [0.29, 0.717) is 11.9 Å². The van der Waals surface area contributed by atoms with Gasteiger partial charge in [-0.05, 0) is 56.2 Å². The van der Waals surface area contributed by atoms with Crippen molar-refractivity contribution in [3.63, 3.8) is 0 Å². The van der Waals surface area contributed by atoms with Crippen molar-refractivity contribution < 1.29 is 4.79 Å². The van der Waals surface area contributed by atoms with Crippen LogP contribution in [0.25, 0.3) is 0 Å². The fourth-order valence-corrected chi connectivity index (χ4v) is 4.52. The maximum atomic E-state index is 11.7. The zero-order valence-electron chi connectivity index (χ0n) is 13.0. The van der Waals surface area contributed by atoms with Gasteiger partial charge in [0.05, 0.1) is 0 Å². The van der Waals surface area contributed by atoms with Crippen LogP contribution in [0, 0.1) is 6.92 Å². The van der Waals surface area contributed by atoms with Gasteiger partial charge in [0.1, 0.15) is 0 Å². The number of carbonyl (C=O) groups is 1. The van der Waals surface area contributed by atoms with Crippen LogP contribution in [0.4, 0.5) is 0 Å². The lowest BCUT2D eigenvalue weighted by atomic mass is 9.99. The standard InChI is InChI=1S/C17H26N2OS/c1-14-8-12-21-16(14)13-19-9-3-2-5-15(19)7-11-18-10-4-6-17(18)20/h8,12,15H,2-7,9-11,13H2,1H3/t15-/m0/s1. The summed E-state index contributed by atoms with van der Waals surface area (Å²) < 4.78 is 0. The Morgan fingerprint density at radius 1 is 1.29 bits per heavy atom. The number of hydrogen-bond acceptors (Lipinski definition) is 3. The topological polar surface area (TPSA) is 23.6 Å². The molecule has 1 atom stereocenters. The molecule has 3 heterocycles. The number of thiophene rings is 1. The molecule has 116 valence electrons. The van der Waals surface area contributed by atoms with Crippen molar-refractivity contribution in [2.24, 2.45) is 0 Å². The van der Waals surface area contributed by atoms with Gasteiger partial charge in [0.2, 0.25) is 5.91 Å². The van der Waals surface area contributed by atoms with Crippen LogP contribution in [0.5, 0.6) is 0 Å². The summed E-state index contributed by atoms with van der Waals surface area (Å²) in [5.74, 6) is 0.367. The molecule has 21 heavy (non-hydrogen) atoms. The van der Waals surface area contributed by atoms with Crippen LogP contribution in [-0.2, 0) is 11.3 Å². The number of hydrogen-bond donors (Lipinski definition) is 0. The molecule has 0 bridgehead atoms. The van der Waals surface area contributed by atoms with Crippen LogP contribution in [0.15, 0.2) is 11.4 Å². The van der Waals surface area contributed by atoms with Crippen molar-refractivity contribution in [2.75, 3.05) is 19.6 Å². The van der Waals surface area contributed by atoms with Gasteiger partial charge in [0.15, 0.2) is 0 Å². The zero-order valence-corrected chi connectivity index (χ0v) is 13.8. The molecule has 1 amide bonds. The predicted octanol–water partition coefficient (Wildman–Crippen LogP) is 3.42. The van der Waals surface area contributed by atoms with E-state index in [0.717, 1.165) is 38.9 Å². The van der Waals surface area contributed by atoms with Crippen LogP contribution >= 0.6 is 11.3 Å². The first-order valence-corrected chi connectivity index (χ1v) is 9.17. The Labute approximate surface area is 131 Å². The number of nitrogens with zero attached hydrogens (tertiary/aromatic N) is 2. The fraction of sp³-hybridized carbons (Fsp3) is 0.706. The molecule has 4 heteroatoms. The lowest BCUT2D eigenvalue weighted by Crippen LogP contribution is -2.41. The first-order valence-electron chi connectivity index (χ1n) is 8.29. The van der Waals surface area contributed by atoms with Gasteiger partial charge in [-0.25, -0.2) is 0 Å². The highest BCUT2D eigenvalue weighted by atomic mass is 32.1. The number of aryl methyl sites for hydroxylation is 1. The van der Waals surface area contributed by atoms with E-state index in [2.05, 4.69) is 28.2 Å². The minimum atomic E-state index is 0.367. The second-order valence-electron chi connectivity index (χ2n) is 6.42. The Hall–Kier alpha value is -0.870. The highest BCUT2D eigenvalue weighted by molar-refractivity contribution is 7.10. The SMILES string of the molecule is Cc1ccsc1CN1CCCC[C@H]1CCN1CCCC1=O. The summed E-state index contributed by atoms with van der Waals surface area (Å²) in [6, 6.07) is 2.88. The second-order valence-corrected chi connectivity index (χ2v) is 7.42. The summed E-state index contributed by atoms with van der Waals surface area (Å²) in [5, 5.41) is 2.20. The molecule has 2 aliphatic rings. The molecular formula is C17H26N2OS. The van der Waals surface area contributed by atoms with Gasteiger partial charge in [0.25, 0.3) is 0 Å². The number of piperidine rings is 1. The fourth-order valence-electron chi connectivity index (χ4n) is 3.59. The molecule has 1 aromatic rings. The highest BCUT2D eigenvalue weighted by Gasteiger charge is 2.26. The average molecular weight is 306 g/mol. The molecule has 0 saturated carbocycles. The molecule has 0 aliphatic carbocycles. The second kappa shape index (κ2) is 6.93. The zero-order chi connectivity index (χ0) is 14.7. The van der Waals surface area contributed by atoms with Gasteiger partial charge >= 0.3 is 0 Å². The molecule has 3 rings (SSSR count). The molecule has 0 aromatic carbocycles. The Morgan fingerprint density at radius 3 is 2.90 bits per heavy atom. The van der Waals surface area contributed by atoms with Crippen LogP contribution in [0.3, 0.4) is 0 Å². The Bertz CT molecular complexity index is 485. The number of amides is 1. The molecular weight excluding hydrogens is 280 g/mol. The van der Waals surface area contributed by atoms with Gasteiger partial charge in [-0.15, -0.1) is 11.3 Å². The summed E-state index contributed by atoms with van der Waals surface area (Å²) in [6.45, 7) is 6.48. The van der Waals surface area contributed by atoms with Crippen LogP contribution in [0.1, 0.15) is 49.0 Å². The monoisotopic (exact) mass is 306 g/mol. The summed E-state index contributed by atoms with van der Waals surface area (Å²) in [4.78, 5) is 18.0. The summed E-state index contributed by atoms with van der Waals surface area (Å²) in [6.07, 6.45) is 6.94. The van der Waals surface area contributed by atoms with E-state index in [9.17, 15) is 4.79 Å². The normalized spacial score (nSPS) is 24.0. The van der Waals surface area contributed by atoms with E-state index in [4.69, 9.17) is 0 Å². The minimum absolute atomic E-state index is 0.367. The largest absolute Gasteiger partial charge is 0.343 e. The van der Waals surface area contributed by atoms with Crippen LogP contribution in [0.2, 0.25) is 0 Å². The molecule has 2 saturated heterocycles. The van der Waals surface area contributed by atoms with Gasteiger partial charge < -0.3 is 4.90 Å². The van der Waals surface area contributed by atoms with E-state index in [1.165, 1.54) is 36.2 Å². The Balaban J connectivity index is 1.56. The van der Waals surface area contributed by atoms with Crippen LogP contribution in [-0.4, -0.2) is 41.4 Å². The van der Waals surface area contributed by atoms with Crippen molar-refractivity contribution >= 4 is 17.2 Å². The van der Waals surface area contributed by atoms with E-state index in [1.54, 1.807) is 0 Å². The molecule has 0 unspecified atom stereocenters. The van der Waals surface area contributed by atoms with Crippen molar-refractivity contribution in [1.29, 1.82) is 0 Å².